The van der Waals surface area contributed by atoms with Crippen LogP contribution >= 0.6 is 22.9 Å². The van der Waals surface area contributed by atoms with Crippen molar-refractivity contribution in [2.24, 2.45) is 0 Å². The molecule has 2 heterocycles. The third-order valence-electron chi connectivity index (χ3n) is 5.37. The van der Waals surface area contributed by atoms with E-state index < -0.39 is 10.0 Å². The van der Waals surface area contributed by atoms with Crippen molar-refractivity contribution < 1.29 is 18.0 Å². The monoisotopic (exact) mass is 491 g/mol. The summed E-state index contributed by atoms with van der Waals surface area (Å²) in [5, 5.41) is 4.83. The number of hydrogen-bond acceptors (Lipinski definition) is 5. The van der Waals surface area contributed by atoms with E-state index in [0.29, 0.717) is 23.0 Å². The van der Waals surface area contributed by atoms with Gasteiger partial charge in [0, 0.05) is 44.7 Å². The van der Waals surface area contributed by atoms with Crippen LogP contribution in [-0.4, -0.2) is 62.2 Å². The van der Waals surface area contributed by atoms with Crippen LogP contribution in [0.15, 0.2) is 58.8 Å². The third-order valence-corrected chi connectivity index (χ3v) is 8.97. The fourth-order valence-corrected chi connectivity index (χ4v) is 6.67. The normalized spacial score (nSPS) is 15.1. The molecule has 10 heteroatoms. The summed E-state index contributed by atoms with van der Waals surface area (Å²) in [5.74, 6) is -0.339. The number of nitrogens with one attached hydrogen (secondary N) is 1. The third kappa shape index (κ3) is 4.96. The van der Waals surface area contributed by atoms with E-state index in [9.17, 15) is 18.0 Å². The molecule has 7 nitrogen and oxygen atoms in total. The molecule has 168 valence electrons. The molecular formula is C22H22ClN3O4S2. The SMILES string of the molecule is O=C(NCCC(=O)N1CCN(S(=O)(=O)c2ccc(Cl)s2)CC1)c1ccc2ccccc2c1. The number of thiophene rings is 1. The molecule has 1 fully saturated rings. The average Bonchev–Trinajstić information content (AvgIpc) is 3.26. The molecule has 0 radical (unpaired) electrons. The summed E-state index contributed by atoms with van der Waals surface area (Å²) in [7, 11) is -3.59. The molecule has 0 spiro atoms. The standard InChI is InChI=1S/C22H22ClN3O4S2/c23-19-7-8-21(31-19)32(29,30)26-13-11-25(12-14-26)20(27)9-10-24-22(28)18-6-5-16-3-1-2-4-17(16)15-18/h1-8,15H,9-14H2,(H,24,28). The lowest BCUT2D eigenvalue weighted by Gasteiger charge is -2.33. The van der Waals surface area contributed by atoms with Crippen LogP contribution in [0.4, 0.5) is 0 Å². The van der Waals surface area contributed by atoms with Crippen LogP contribution < -0.4 is 5.32 Å². The van der Waals surface area contributed by atoms with Crippen molar-refractivity contribution >= 4 is 55.5 Å². The maximum atomic E-state index is 12.7. The van der Waals surface area contributed by atoms with Crippen LogP contribution in [0, 0.1) is 0 Å². The molecule has 4 rings (SSSR count). The molecule has 0 bridgehead atoms. The Morgan fingerprint density at radius 2 is 1.69 bits per heavy atom. The van der Waals surface area contributed by atoms with E-state index in [4.69, 9.17) is 11.6 Å². The van der Waals surface area contributed by atoms with Gasteiger partial charge in [-0.2, -0.15) is 4.31 Å². The van der Waals surface area contributed by atoms with Crippen molar-refractivity contribution in [3.8, 4) is 0 Å². The Morgan fingerprint density at radius 3 is 2.38 bits per heavy atom. The second kappa shape index (κ2) is 9.58. The molecule has 2 aromatic carbocycles. The zero-order valence-corrected chi connectivity index (χ0v) is 19.5. The van der Waals surface area contributed by atoms with Crippen LogP contribution in [0.25, 0.3) is 10.8 Å². The zero-order chi connectivity index (χ0) is 22.7. The van der Waals surface area contributed by atoms with Gasteiger partial charge in [0.2, 0.25) is 5.91 Å². The molecule has 1 aromatic heterocycles. The first-order chi connectivity index (χ1) is 15.3. The van der Waals surface area contributed by atoms with Gasteiger partial charge in [-0.25, -0.2) is 8.42 Å². The summed E-state index contributed by atoms with van der Waals surface area (Å²) in [6, 6.07) is 16.3. The smallest absolute Gasteiger partial charge is 0.252 e. The number of rotatable bonds is 6. The average molecular weight is 492 g/mol. The number of hydrogen-bond donors (Lipinski definition) is 1. The van der Waals surface area contributed by atoms with E-state index in [-0.39, 0.29) is 42.1 Å². The van der Waals surface area contributed by atoms with E-state index >= 15 is 0 Å². The second-order valence-corrected chi connectivity index (χ2v) is 11.3. The second-order valence-electron chi connectivity index (χ2n) is 7.41. The van der Waals surface area contributed by atoms with E-state index in [0.717, 1.165) is 22.1 Å². The van der Waals surface area contributed by atoms with Gasteiger partial charge in [-0.15, -0.1) is 11.3 Å². The summed E-state index contributed by atoms with van der Waals surface area (Å²) >= 11 is 6.88. The minimum Gasteiger partial charge on any atom is -0.352 e. The molecule has 2 amide bonds. The van der Waals surface area contributed by atoms with Crippen LogP contribution in [0.5, 0.6) is 0 Å². The summed E-state index contributed by atoms with van der Waals surface area (Å²) in [6.45, 7) is 1.31. The van der Waals surface area contributed by atoms with Gasteiger partial charge in [-0.05, 0) is 35.0 Å². The molecule has 0 aliphatic carbocycles. The van der Waals surface area contributed by atoms with Gasteiger partial charge in [0.1, 0.15) is 4.21 Å². The summed E-state index contributed by atoms with van der Waals surface area (Å²) in [4.78, 5) is 26.6. The number of halogens is 1. The fourth-order valence-electron chi connectivity index (χ4n) is 3.62. The van der Waals surface area contributed by atoms with Gasteiger partial charge in [0.05, 0.1) is 4.34 Å². The highest BCUT2D eigenvalue weighted by atomic mass is 35.5. The Hall–Kier alpha value is -2.46. The molecule has 1 saturated heterocycles. The van der Waals surface area contributed by atoms with Crippen LogP contribution in [0.3, 0.4) is 0 Å². The maximum absolute atomic E-state index is 12.7. The number of amides is 2. The topological polar surface area (TPSA) is 86.8 Å². The van der Waals surface area contributed by atoms with Crippen LogP contribution in [0.2, 0.25) is 4.34 Å². The Bertz CT molecular complexity index is 1250. The van der Waals surface area contributed by atoms with Gasteiger partial charge < -0.3 is 10.2 Å². The first-order valence-electron chi connectivity index (χ1n) is 10.1. The molecule has 32 heavy (non-hydrogen) atoms. The number of carbonyl (C=O) groups excluding carboxylic acids is 2. The Balaban J connectivity index is 1.25. The molecular weight excluding hydrogens is 470 g/mol. The number of nitrogens with zero attached hydrogens (tertiary/aromatic N) is 2. The minimum atomic E-state index is -3.59. The van der Waals surface area contributed by atoms with Crippen LogP contribution in [0.1, 0.15) is 16.8 Å². The molecule has 0 atom stereocenters. The lowest BCUT2D eigenvalue weighted by molar-refractivity contribution is -0.132. The molecule has 0 saturated carbocycles. The van der Waals surface area contributed by atoms with Crippen molar-refractivity contribution in [3.63, 3.8) is 0 Å². The molecule has 0 unspecified atom stereocenters. The lowest BCUT2D eigenvalue weighted by atomic mass is 10.1. The fraction of sp³-hybridized carbons (Fsp3) is 0.273. The predicted octanol–water partition coefficient (Wildman–Crippen LogP) is 3.21. The Morgan fingerprint density at radius 1 is 0.969 bits per heavy atom. The largest absolute Gasteiger partial charge is 0.352 e. The highest BCUT2D eigenvalue weighted by Gasteiger charge is 2.31. The van der Waals surface area contributed by atoms with E-state index in [1.807, 2.05) is 36.4 Å². The van der Waals surface area contributed by atoms with Crippen molar-refractivity contribution in [2.45, 2.75) is 10.6 Å². The summed E-state index contributed by atoms with van der Waals surface area (Å²) < 4.78 is 27.3. The van der Waals surface area contributed by atoms with Crippen LogP contribution in [-0.2, 0) is 14.8 Å². The number of fused-ring (bicyclic) bond motifs is 1. The van der Waals surface area contributed by atoms with Crippen molar-refractivity contribution in [3.05, 3.63) is 64.5 Å². The highest BCUT2D eigenvalue weighted by molar-refractivity contribution is 7.91. The zero-order valence-electron chi connectivity index (χ0n) is 17.2. The van der Waals surface area contributed by atoms with Gasteiger partial charge in [0.15, 0.2) is 0 Å². The summed E-state index contributed by atoms with van der Waals surface area (Å²) in [5.41, 5.74) is 0.545. The lowest BCUT2D eigenvalue weighted by Crippen LogP contribution is -2.50. The molecule has 1 aliphatic rings. The number of piperazine rings is 1. The number of sulfonamides is 1. The highest BCUT2D eigenvalue weighted by Crippen LogP contribution is 2.28. The van der Waals surface area contributed by atoms with Crippen molar-refractivity contribution in [1.29, 1.82) is 0 Å². The maximum Gasteiger partial charge on any atom is 0.252 e. The molecule has 3 aromatic rings. The first kappa shape index (κ1) is 22.7. The quantitative estimate of drug-likeness (QED) is 0.573. The van der Waals surface area contributed by atoms with E-state index in [1.54, 1.807) is 17.0 Å². The predicted molar refractivity (Wildman–Crippen MR) is 126 cm³/mol. The number of carbonyl (C=O) groups is 2. The van der Waals surface area contributed by atoms with Crippen molar-refractivity contribution in [1.82, 2.24) is 14.5 Å². The van der Waals surface area contributed by atoms with Gasteiger partial charge >= 0.3 is 0 Å². The van der Waals surface area contributed by atoms with E-state index in [1.165, 1.54) is 10.4 Å². The van der Waals surface area contributed by atoms with E-state index in [2.05, 4.69) is 5.32 Å². The van der Waals surface area contributed by atoms with Gasteiger partial charge in [-0.1, -0.05) is 41.9 Å². The number of benzene rings is 2. The molecule has 1 N–H and O–H groups in total. The van der Waals surface area contributed by atoms with Crippen molar-refractivity contribution in [2.75, 3.05) is 32.7 Å². The Kier molecular flexibility index (Phi) is 6.80. The molecule has 1 aliphatic heterocycles. The Labute approximate surface area is 195 Å². The first-order valence-corrected chi connectivity index (χ1v) is 12.8. The minimum absolute atomic E-state index is 0.111. The van der Waals surface area contributed by atoms with Gasteiger partial charge in [-0.3, -0.25) is 9.59 Å². The summed E-state index contributed by atoms with van der Waals surface area (Å²) in [6.07, 6.45) is 0.159. The van der Waals surface area contributed by atoms with Gasteiger partial charge in [0.25, 0.3) is 15.9 Å².